The molecule has 0 bridgehead atoms. The number of fused-ring (bicyclic) bond motifs is 12. The van der Waals surface area contributed by atoms with E-state index in [1.165, 1.54) is 54.2 Å². The van der Waals surface area contributed by atoms with Crippen molar-refractivity contribution in [3.63, 3.8) is 0 Å². The molecule has 5 nitrogen and oxygen atoms in total. The summed E-state index contributed by atoms with van der Waals surface area (Å²) in [6, 6.07) is 93.6. The lowest BCUT2D eigenvalue weighted by molar-refractivity contribution is 0.953. The van der Waals surface area contributed by atoms with Crippen LogP contribution in [0.4, 0.5) is 0 Å². The van der Waals surface area contributed by atoms with Gasteiger partial charge in [-0.1, -0.05) is 218 Å². The summed E-state index contributed by atoms with van der Waals surface area (Å²) in [5.41, 5.74) is 14.1. The van der Waals surface area contributed by atoms with E-state index in [0.717, 1.165) is 71.9 Å². The van der Waals surface area contributed by atoms with Crippen LogP contribution in [0.2, 0.25) is 0 Å². The molecule has 0 unspecified atom stereocenters. The number of benzene rings is 12. The van der Waals surface area contributed by atoms with Gasteiger partial charge >= 0.3 is 0 Å². The first kappa shape index (κ1) is 41.8. The van der Waals surface area contributed by atoms with Crippen LogP contribution < -0.4 is 0 Å². The third kappa shape index (κ3) is 6.75. The third-order valence-electron chi connectivity index (χ3n) is 15.0. The Morgan fingerprint density at radius 1 is 0.203 bits per heavy atom. The van der Waals surface area contributed by atoms with Crippen LogP contribution in [0.1, 0.15) is 0 Å². The third-order valence-corrected chi connectivity index (χ3v) is 15.0. The van der Waals surface area contributed by atoms with Gasteiger partial charge in [0.25, 0.3) is 0 Å². The standard InChI is InChI=1S/C69H43N5/c1-3-15-44(16-4-1)46-27-31-49(32-28-46)67-70-68(50-33-29-47(30-34-50)45-17-5-2-6-18-45)72-69(71-67)74-64-26-14-12-24-59(64)62-42-61-58-23-11-13-25-63(58)73(65(61)43-66(62)74)52-38-35-48(36-39-52)51-37-40-57-55-21-8-7-19-53(55)54-20-9-10-22-56(54)60(57)41-51/h1-43H. The van der Waals surface area contributed by atoms with Gasteiger partial charge in [0.15, 0.2) is 11.6 Å². The maximum absolute atomic E-state index is 5.37. The zero-order valence-corrected chi connectivity index (χ0v) is 40.1. The molecular formula is C69H43N5. The number of aromatic nitrogens is 5. The molecule has 5 heteroatoms. The van der Waals surface area contributed by atoms with E-state index in [9.17, 15) is 0 Å². The Hall–Kier alpha value is -9.97. The topological polar surface area (TPSA) is 48.5 Å². The Morgan fingerprint density at radius 2 is 0.568 bits per heavy atom. The van der Waals surface area contributed by atoms with Gasteiger partial charge in [-0.2, -0.15) is 9.97 Å². The van der Waals surface area contributed by atoms with Crippen molar-refractivity contribution in [1.29, 1.82) is 0 Å². The van der Waals surface area contributed by atoms with Crippen LogP contribution >= 0.6 is 0 Å². The van der Waals surface area contributed by atoms with Crippen molar-refractivity contribution in [3.05, 3.63) is 261 Å². The fourth-order valence-electron chi connectivity index (χ4n) is 11.4. The van der Waals surface area contributed by atoms with Crippen molar-refractivity contribution >= 4 is 75.9 Å². The molecule has 15 rings (SSSR count). The Morgan fingerprint density at radius 3 is 1.09 bits per heavy atom. The SMILES string of the molecule is c1ccc(-c2ccc(-c3nc(-c4ccc(-c5ccccc5)cc4)nc(-n4c5ccccc5c5cc6c7ccccc7n(-c7ccc(-c8ccc9c%10ccccc%10c%10ccccc%10c9c8)cc7)c6cc54)n3)cc2)cc1. The predicted octanol–water partition coefficient (Wildman–Crippen LogP) is 17.9. The zero-order chi connectivity index (χ0) is 48.7. The number of rotatable bonds is 7. The zero-order valence-electron chi connectivity index (χ0n) is 40.1. The highest BCUT2D eigenvalue weighted by molar-refractivity contribution is 6.26. The Bertz CT molecular complexity index is 4530. The summed E-state index contributed by atoms with van der Waals surface area (Å²) in [4.78, 5) is 15.9. The van der Waals surface area contributed by atoms with Gasteiger partial charge in [-0.3, -0.25) is 4.57 Å². The summed E-state index contributed by atoms with van der Waals surface area (Å²) in [7, 11) is 0. The molecule has 0 spiro atoms. The van der Waals surface area contributed by atoms with Crippen LogP contribution in [0.3, 0.4) is 0 Å². The molecule has 0 saturated heterocycles. The van der Waals surface area contributed by atoms with E-state index in [0.29, 0.717) is 17.6 Å². The normalized spacial score (nSPS) is 11.8. The molecule has 0 aliphatic carbocycles. The molecule has 0 N–H and O–H groups in total. The summed E-state index contributed by atoms with van der Waals surface area (Å²) in [5, 5.41) is 12.3. The molecule has 0 radical (unpaired) electrons. The van der Waals surface area contributed by atoms with E-state index < -0.39 is 0 Å². The smallest absolute Gasteiger partial charge is 0.238 e. The first-order valence-electron chi connectivity index (χ1n) is 25.2. The van der Waals surface area contributed by atoms with Gasteiger partial charge < -0.3 is 4.57 Å². The van der Waals surface area contributed by atoms with Crippen molar-refractivity contribution < 1.29 is 0 Å². The van der Waals surface area contributed by atoms with E-state index in [-0.39, 0.29) is 0 Å². The van der Waals surface area contributed by atoms with Crippen molar-refractivity contribution in [2.75, 3.05) is 0 Å². The number of nitrogens with zero attached hydrogens (tertiary/aromatic N) is 5. The van der Waals surface area contributed by atoms with Crippen molar-refractivity contribution in [1.82, 2.24) is 24.1 Å². The highest BCUT2D eigenvalue weighted by atomic mass is 15.2. The second kappa shape index (κ2) is 16.8. The fraction of sp³-hybridized carbons (Fsp3) is 0. The maximum Gasteiger partial charge on any atom is 0.238 e. The van der Waals surface area contributed by atoms with E-state index >= 15 is 0 Å². The lowest BCUT2D eigenvalue weighted by atomic mass is 9.92. The molecule has 3 aromatic heterocycles. The summed E-state index contributed by atoms with van der Waals surface area (Å²) < 4.78 is 4.63. The van der Waals surface area contributed by atoms with Crippen molar-refractivity contribution in [2.45, 2.75) is 0 Å². The van der Waals surface area contributed by atoms with Gasteiger partial charge in [-0.15, -0.1) is 0 Å². The maximum atomic E-state index is 5.37. The molecular weight excluding hydrogens is 899 g/mol. The molecule has 0 amide bonds. The van der Waals surface area contributed by atoms with Gasteiger partial charge in [-0.05, 0) is 108 Å². The second-order valence-corrected chi connectivity index (χ2v) is 19.2. The number of para-hydroxylation sites is 2. The van der Waals surface area contributed by atoms with Gasteiger partial charge in [0.2, 0.25) is 5.95 Å². The van der Waals surface area contributed by atoms with E-state index in [2.05, 4.69) is 258 Å². The van der Waals surface area contributed by atoms with Crippen LogP contribution in [0.5, 0.6) is 0 Å². The molecule has 0 saturated carbocycles. The largest absolute Gasteiger partial charge is 0.309 e. The minimum absolute atomic E-state index is 0.554. The molecule has 0 atom stereocenters. The van der Waals surface area contributed by atoms with Crippen molar-refractivity contribution in [2.24, 2.45) is 0 Å². The molecule has 344 valence electrons. The minimum atomic E-state index is 0.554. The highest BCUT2D eigenvalue weighted by Crippen LogP contribution is 2.41. The summed E-state index contributed by atoms with van der Waals surface area (Å²) in [6.07, 6.45) is 0. The first-order valence-corrected chi connectivity index (χ1v) is 25.2. The Balaban J connectivity index is 0.901. The van der Waals surface area contributed by atoms with Crippen LogP contribution in [0.25, 0.3) is 144 Å². The fourth-order valence-corrected chi connectivity index (χ4v) is 11.4. The Kier molecular flexibility index (Phi) is 9.50. The molecule has 0 fully saturated rings. The quantitative estimate of drug-likeness (QED) is 0.150. The van der Waals surface area contributed by atoms with E-state index in [1.54, 1.807) is 0 Å². The molecule has 0 aliphatic heterocycles. The van der Waals surface area contributed by atoms with Gasteiger partial charge in [0, 0.05) is 38.4 Å². The number of hydrogen-bond acceptors (Lipinski definition) is 3. The highest BCUT2D eigenvalue weighted by Gasteiger charge is 2.22. The summed E-state index contributed by atoms with van der Waals surface area (Å²) in [5.74, 6) is 1.76. The molecule has 74 heavy (non-hydrogen) atoms. The Labute approximate surface area is 426 Å². The van der Waals surface area contributed by atoms with E-state index in [4.69, 9.17) is 15.0 Å². The average Bonchev–Trinajstić information content (AvgIpc) is 3.99. The van der Waals surface area contributed by atoms with Gasteiger partial charge in [-0.25, -0.2) is 4.98 Å². The molecule has 0 aliphatic rings. The van der Waals surface area contributed by atoms with Crippen LogP contribution in [-0.4, -0.2) is 24.1 Å². The monoisotopic (exact) mass is 941 g/mol. The predicted molar refractivity (Wildman–Crippen MR) is 308 cm³/mol. The lowest BCUT2D eigenvalue weighted by Crippen LogP contribution is -2.06. The van der Waals surface area contributed by atoms with Gasteiger partial charge in [0.05, 0.1) is 22.1 Å². The van der Waals surface area contributed by atoms with Crippen molar-refractivity contribution in [3.8, 4) is 67.8 Å². The average molecular weight is 942 g/mol. The number of hydrogen-bond donors (Lipinski definition) is 0. The molecule has 3 heterocycles. The van der Waals surface area contributed by atoms with Crippen LogP contribution in [0.15, 0.2) is 261 Å². The summed E-state index contributed by atoms with van der Waals surface area (Å²) in [6.45, 7) is 0. The van der Waals surface area contributed by atoms with Gasteiger partial charge in [0.1, 0.15) is 0 Å². The molecule has 12 aromatic carbocycles. The second-order valence-electron chi connectivity index (χ2n) is 19.2. The first-order chi connectivity index (χ1) is 36.7. The minimum Gasteiger partial charge on any atom is -0.309 e. The molecule has 15 aromatic rings. The lowest BCUT2D eigenvalue weighted by Gasteiger charge is -2.13. The van der Waals surface area contributed by atoms with E-state index in [1.807, 2.05) is 12.1 Å². The van der Waals surface area contributed by atoms with Crippen LogP contribution in [-0.2, 0) is 0 Å². The van der Waals surface area contributed by atoms with Crippen LogP contribution in [0, 0.1) is 0 Å². The summed E-state index contributed by atoms with van der Waals surface area (Å²) >= 11 is 0.